The number of aryl methyl sites for hydroxylation is 1. The molecule has 2 aromatic heterocycles. The fourth-order valence-corrected chi connectivity index (χ4v) is 1.77. The number of hydrogen-bond acceptors (Lipinski definition) is 4. The first-order valence-electron chi connectivity index (χ1n) is 6.56. The highest BCUT2D eigenvalue weighted by atomic mass is 16.5. The number of hydrogen-bond donors (Lipinski definition) is 1. The lowest BCUT2D eigenvalue weighted by Crippen LogP contribution is -2.17. The standard InChI is InChI=1S/C15H20N2O2/c1-13-5-7-17-11-14(13)10-16-6-3-8-18-12-15-4-2-9-19-15/h2,4-5,7,9,11,16H,3,6,8,10,12H2,1H3. The minimum absolute atomic E-state index is 0.550. The summed E-state index contributed by atoms with van der Waals surface area (Å²) in [5.74, 6) is 0.874. The molecule has 0 radical (unpaired) electrons. The van der Waals surface area contributed by atoms with Crippen LogP contribution in [0.15, 0.2) is 41.3 Å². The van der Waals surface area contributed by atoms with E-state index in [0.717, 1.165) is 31.9 Å². The molecule has 1 N–H and O–H groups in total. The summed E-state index contributed by atoms with van der Waals surface area (Å²) in [6, 6.07) is 5.82. The molecule has 0 atom stereocenters. The zero-order valence-electron chi connectivity index (χ0n) is 11.3. The molecule has 102 valence electrons. The summed E-state index contributed by atoms with van der Waals surface area (Å²) in [5, 5.41) is 3.39. The van der Waals surface area contributed by atoms with Gasteiger partial charge in [-0.1, -0.05) is 0 Å². The van der Waals surface area contributed by atoms with E-state index >= 15 is 0 Å². The van der Waals surface area contributed by atoms with Gasteiger partial charge in [-0.2, -0.15) is 0 Å². The van der Waals surface area contributed by atoms with Crippen molar-refractivity contribution in [3.8, 4) is 0 Å². The molecule has 0 saturated carbocycles. The van der Waals surface area contributed by atoms with Crippen LogP contribution in [0.3, 0.4) is 0 Å². The van der Waals surface area contributed by atoms with Gasteiger partial charge in [0.15, 0.2) is 0 Å². The van der Waals surface area contributed by atoms with Gasteiger partial charge < -0.3 is 14.5 Å². The Hall–Kier alpha value is -1.65. The van der Waals surface area contributed by atoms with Gasteiger partial charge in [0.05, 0.1) is 6.26 Å². The number of rotatable bonds is 8. The lowest BCUT2D eigenvalue weighted by molar-refractivity contribution is 0.104. The quantitative estimate of drug-likeness (QED) is 0.741. The Morgan fingerprint density at radius 3 is 3.11 bits per heavy atom. The first kappa shape index (κ1) is 13.8. The third-order valence-corrected chi connectivity index (χ3v) is 2.93. The van der Waals surface area contributed by atoms with Crippen LogP contribution < -0.4 is 5.32 Å². The topological polar surface area (TPSA) is 47.3 Å². The molecule has 2 aromatic rings. The molecule has 0 bridgehead atoms. The Labute approximate surface area is 113 Å². The summed E-state index contributed by atoms with van der Waals surface area (Å²) in [4.78, 5) is 4.13. The van der Waals surface area contributed by atoms with Crippen LogP contribution in [0.2, 0.25) is 0 Å². The average molecular weight is 260 g/mol. The van der Waals surface area contributed by atoms with E-state index in [-0.39, 0.29) is 0 Å². The Kier molecular flexibility index (Phi) is 5.59. The van der Waals surface area contributed by atoms with E-state index in [1.54, 1.807) is 6.26 Å². The van der Waals surface area contributed by atoms with Crippen molar-refractivity contribution < 1.29 is 9.15 Å². The maximum atomic E-state index is 5.51. The molecule has 0 saturated heterocycles. The summed E-state index contributed by atoms with van der Waals surface area (Å²) < 4.78 is 10.7. The second-order valence-electron chi connectivity index (χ2n) is 4.46. The molecule has 4 heteroatoms. The molecule has 0 aliphatic rings. The lowest BCUT2D eigenvalue weighted by atomic mass is 10.1. The Bertz CT molecular complexity index is 469. The van der Waals surface area contributed by atoms with Crippen molar-refractivity contribution in [1.82, 2.24) is 10.3 Å². The van der Waals surface area contributed by atoms with Crippen LogP contribution in [-0.4, -0.2) is 18.1 Å². The minimum Gasteiger partial charge on any atom is -0.467 e. The second kappa shape index (κ2) is 7.71. The van der Waals surface area contributed by atoms with Gasteiger partial charge >= 0.3 is 0 Å². The van der Waals surface area contributed by atoms with Gasteiger partial charge in [-0.15, -0.1) is 0 Å². The zero-order valence-corrected chi connectivity index (χ0v) is 11.3. The van der Waals surface area contributed by atoms with E-state index in [1.165, 1.54) is 11.1 Å². The summed E-state index contributed by atoms with van der Waals surface area (Å²) in [5.41, 5.74) is 2.52. The monoisotopic (exact) mass is 260 g/mol. The summed E-state index contributed by atoms with van der Waals surface area (Å²) in [7, 11) is 0. The molecule has 2 heterocycles. The predicted molar refractivity (Wildman–Crippen MR) is 73.7 cm³/mol. The van der Waals surface area contributed by atoms with Gasteiger partial charge in [-0.3, -0.25) is 4.98 Å². The van der Waals surface area contributed by atoms with Crippen molar-refractivity contribution in [2.75, 3.05) is 13.2 Å². The number of ether oxygens (including phenoxy) is 1. The van der Waals surface area contributed by atoms with Crippen molar-refractivity contribution >= 4 is 0 Å². The van der Waals surface area contributed by atoms with Crippen molar-refractivity contribution in [2.45, 2.75) is 26.5 Å². The average Bonchev–Trinajstić information content (AvgIpc) is 2.93. The molecule has 2 rings (SSSR count). The Morgan fingerprint density at radius 2 is 2.32 bits per heavy atom. The van der Waals surface area contributed by atoms with Crippen LogP contribution in [0.5, 0.6) is 0 Å². The second-order valence-corrected chi connectivity index (χ2v) is 4.46. The largest absolute Gasteiger partial charge is 0.467 e. The molecule has 0 unspecified atom stereocenters. The zero-order chi connectivity index (χ0) is 13.3. The molecule has 0 amide bonds. The van der Waals surface area contributed by atoms with E-state index in [9.17, 15) is 0 Å². The van der Waals surface area contributed by atoms with E-state index in [1.807, 2.05) is 30.6 Å². The molecule has 19 heavy (non-hydrogen) atoms. The van der Waals surface area contributed by atoms with Crippen molar-refractivity contribution in [2.24, 2.45) is 0 Å². The molecule has 0 aliphatic carbocycles. The summed E-state index contributed by atoms with van der Waals surface area (Å²) in [6.07, 6.45) is 6.38. The van der Waals surface area contributed by atoms with Crippen molar-refractivity contribution in [3.63, 3.8) is 0 Å². The first-order valence-corrected chi connectivity index (χ1v) is 6.56. The molecular formula is C15H20N2O2. The highest BCUT2D eigenvalue weighted by Gasteiger charge is 1.98. The first-order chi connectivity index (χ1) is 9.36. The Balaban J connectivity index is 1.52. The fraction of sp³-hybridized carbons (Fsp3) is 0.400. The number of pyridine rings is 1. The van der Waals surface area contributed by atoms with E-state index in [0.29, 0.717) is 6.61 Å². The van der Waals surface area contributed by atoms with Crippen LogP contribution in [0.4, 0.5) is 0 Å². The van der Waals surface area contributed by atoms with Gasteiger partial charge in [0.2, 0.25) is 0 Å². The smallest absolute Gasteiger partial charge is 0.129 e. The van der Waals surface area contributed by atoms with Crippen LogP contribution in [0.25, 0.3) is 0 Å². The third-order valence-electron chi connectivity index (χ3n) is 2.93. The number of furan rings is 1. The highest BCUT2D eigenvalue weighted by molar-refractivity contribution is 5.20. The van der Waals surface area contributed by atoms with Crippen LogP contribution >= 0.6 is 0 Å². The normalized spacial score (nSPS) is 10.8. The summed E-state index contributed by atoms with van der Waals surface area (Å²) >= 11 is 0. The van der Waals surface area contributed by atoms with Crippen molar-refractivity contribution in [3.05, 3.63) is 53.7 Å². The minimum atomic E-state index is 0.550. The SMILES string of the molecule is Cc1ccncc1CNCCCOCc1ccco1. The molecule has 0 aromatic carbocycles. The van der Waals surface area contributed by atoms with Crippen molar-refractivity contribution in [1.29, 1.82) is 0 Å². The lowest BCUT2D eigenvalue weighted by Gasteiger charge is -2.07. The van der Waals surface area contributed by atoms with Gasteiger partial charge in [0, 0.05) is 25.5 Å². The maximum absolute atomic E-state index is 5.51. The van der Waals surface area contributed by atoms with Crippen LogP contribution in [0.1, 0.15) is 23.3 Å². The number of nitrogens with one attached hydrogen (secondary N) is 1. The summed E-state index contributed by atoms with van der Waals surface area (Å²) in [6.45, 7) is 5.18. The predicted octanol–water partition coefficient (Wildman–Crippen LogP) is 2.68. The third kappa shape index (κ3) is 4.85. The van der Waals surface area contributed by atoms with E-state index < -0.39 is 0 Å². The fourth-order valence-electron chi connectivity index (χ4n) is 1.77. The van der Waals surface area contributed by atoms with Gasteiger partial charge in [-0.25, -0.2) is 0 Å². The number of nitrogens with zero attached hydrogens (tertiary/aromatic N) is 1. The molecule has 0 spiro atoms. The maximum Gasteiger partial charge on any atom is 0.129 e. The molecular weight excluding hydrogens is 240 g/mol. The molecule has 0 fully saturated rings. The van der Waals surface area contributed by atoms with Gasteiger partial charge in [-0.05, 0) is 49.2 Å². The molecule has 0 aliphatic heterocycles. The number of aromatic nitrogens is 1. The molecule has 4 nitrogen and oxygen atoms in total. The van der Waals surface area contributed by atoms with Crippen LogP contribution in [-0.2, 0) is 17.9 Å². The van der Waals surface area contributed by atoms with E-state index in [2.05, 4.69) is 17.2 Å². The Morgan fingerprint density at radius 1 is 1.37 bits per heavy atom. The van der Waals surface area contributed by atoms with Crippen LogP contribution in [0, 0.1) is 6.92 Å². The van der Waals surface area contributed by atoms with Gasteiger partial charge in [0.25, 0.3) is 0 Å². The highest BCUT2D eigenvalue weighted by Crippen LogP contribution is 2.04. The van der Waals surface area contributed by atoms with Gasteiger partial charge in [0.1, 0.15) is 12.4 Å². The van der Waals surface area contributed by atoms with E-state index in [4.69, 9.17) is 9.15 Å².